The maximum Gasteiger partial charge on any atom is 0.238 e. The number of rotatable bonds is 6. The van der Waals surface area contributed by atoms with Gasteiger partial charge in [-0.1, -0.05) is 29.8 Å². The van der Waals surface area contributed by atoms with E-state index in [9.17, 15) is 13.2 Å². The predicted molar refractivity (Wildman–Crippen MR) is 90.6 cm³/mol. The lowest BCUT2D eigenvalue weighted by Crippen LogP contribution is -2.13. The number of aryl methyl sites for hydroxylation is 2. The molecule has 0 saturated carbocycles. The third-order valence-electron chi connectivity index (χ3n) is 3.46. The highest BCUT2D eigenvalue weighted by molar-refractivity contribution is 7.89. The van der Waals surface area contributed by atoms with Crippen LogP contribution in [0.3, 0.4) is 0 Å². The smallest absolute Gasteiger partial charge is 0.238 e. The number of anilines is 1. The Morgan fingerprint density at radius 3 is 2.22 bits per heavy atom. The lowest BCUT2D eigenvalue weighted by Gasteiger charge is -2.06. The van der Waals surface area contributed by atoms with Crippen LogP contribution in [0.15, 0.2) is 53.4 Å². The van der Waals surface area contributed by atoms with E-state index in [4.69, 9.17) is 5.14 Å². The van der Waals surface area contributed by atoms with Gasteiger partial charge in [-0.05, 0) is 49.6 Å². The molecule has 6 heteroatoms. The van der Waals surface area contributed by atoms with Gasteiger partial charge in [-0.2, -0.15) is 0 Å². The molecule has 0 aromatic heterocycles. The van der Waals surface area contributed by atoms with Gasteiger partial charge in [0.25, 0.3) is 0 Å². The van der Waals surface area contributed by atoms with Crippen LogP contribution >= 0.6 is 0 Å². The molecule has 2 rings (SSSR count). The first-order valence-electron chi connectivity index (χ1n) is 7.33. The molecule has 1 amide bonds. The Bertz CT molecular complexity index is 766. The number of primary sulfonamides is 1. The van der Waals surface area contributed by atoms with Crippen LogP contribution in [0.4, 0.5) is 5.69 Å². The lowest BCUT2D eigenvalue weighted by molar-refractivity contribution is -0.116. The van der Waals surface area contributed by atoms with E-state index >= 15 is 0 Å². The Balaban J connectivity index is 1.81. The van der Waals surface area contributed by atoms with E-state index < -0.39 is 10.0 Å². The SMILES string of the molecule is Cc1ccc(CCCC(=O)Nc2ccc(S(N)(=O)=O)cc2)cc1. The number of hydrogen-bond acceptors (Lipinski definition) is 3. The highest BCUT2D eigenvalue weighted by Gasteiger charge is 2.08. The summed E-state index contributed by atoms with van der Waals surface area (Å²) in [6.07, 6.45) is 2.01. The maximum absolute atomic E-state index is 11.9. The molecule has 0 radical (unpaired) electrons. The molecule has 0 aliphatic heterocycles. The third-order valence-corrected chi connectivity index (χ3v) is 4.39. The predicted octanol–water partition coefficient (Wildman–Crippen LogP) is 2.60. The van der Waals surface area contributed by atoms with Crippen molar-refractivity contribution in [1.29, 1.82) is 0 Å². The molecule has 0 atom stereocenters. The second-order valence-electron chi connectivity index (χ2n) is 5.46. The molecule has 0 heterocycles. The summed E-state index contributed by atoms with van der Waals surface area (Å²) in [5, 5.41) is 7.76. The Kier molecular flexibility index (Phi) is 5.52. The summed E-state index contributed by atoms with van der Waals surface area (Å²) in [7, 11) is -3.71. The number of carbonyl (C=O) groups excluding carboxylic acids is 1. The summed E-state index contributed by atoms with van der Waals surface area (Å²) in [4.78, 5) is 11.9. The third kappa shape index (κ3) is 5.50. The Hall–Kier alpha value is -2.18. The van der Waals surface area contributed by atoms with Crippen molar-refractivity contribution in [1.82, 2.24) is 0 Å². The van der Waals surface area contributed by atoms with Crippen LogP contribution in [0.1, 0.15) is 24.0 Å². The highest BCUT2D eigenvalue weighted by Crippen LogP contribution is 2.13. The quantitative estimate of drug-likeness (QED) is 0.852. The zero-order valence-corrected chi connectivity index (χ0v) is 13.8. The number of carbonyl (C=O) groups is 1. The van der Waals surface area contributed by atoms with E-state index in [1.54, 1.807) is 0 Å². The summed E-state index contributed by atoms with van der Waals surface area (Å²) < 4.78 is 22.3. The molecule has 2 aromatic carbocycles. The molecule has 0 bridgehead atoms. The Morgan fingerprint density at radius 2 is 1.65 bits per heavy atom. The zero-order valence-electron chi connectivity index (χ0n) is 13.0. The van der Waals surface area contributed by atoms with E-state index in [2.05, 4.69) is 29.6 Å². The van der Waals surface area contributed by atoms with Crippen molar-refractivity contribution in [2.75, 3.05) is 5.32 Å². The number of nitrogens with two attached hydrogens (primary N) is 1. The largest absolute Gasteiger partial charge is 0.326 e. The first-order chi connectivity index (χ1) is 10.8. The molecule has 0 aliphatic rings. The fourth-order valence-corrected chi connectivity index (χ4v) is 2.67. The van der Waals surface area contributed by atoms with Crippen LogP contribution in [0, 0.1) is 6.92 Å². The van der Waals surface area contributed by atoms with Crippen molar-refractivity contribution in [3.05, 3.63) is 59.7 Å². The summed E-state index contributed by atoms with van der Waals surface area (Å²) in [5.41, 5.74) is 2.98. The molecule has 23 heavy (non-hydrogen) atoms. The average Bonchev–Trinajstić information content (AvgIpc) is 2.49. The van der Waals surface area contributed by atoms with Crippen LogP contribution in [0.25, 0.3) is 0 Å². The Morgan fingerprint density at radius 1 is 1.04 bits per heavy atom. The topological polar surface area (TPSA) is 89.3 Å². The van der Waals surface area contributed by atoms with Gasteiger partial charge >= 0.3 is 0 Å². The van der Waals surface area contributed by atoms with Crippen LogP contribution in [-0.2, 0) is 21.2 Å². The van der Waals surface area contributed by atoms with Gasteiger partial charge in [0, 0.05) is 12.1 Å². The number of nitrogens with one attached hydrogen (secondary N) is 1. The van der Waals surface area contributed by atoms with Crippen molar-refractivity contribution in [3.8, 4) is 0 Å². The van der Waals surface area contributed by atoms with Gasteiger partial charge in [-0.25, -0.2) is 13.6 Å². The number of hydrogen-bond donors (Lipinski definition) is 2. The van der Waals surface area contributed by atoms with Crippen LogP contribution in [0.5, 0.6) is 0 Å². The zero-order chi connectivity index (χ0) is 16.9. The molecule has 0 saturated heterocycles. The van der Waals surface area contributed by atoms with Crippen molar-refractivity contribution in [2.24, 2.45) is 5.14 Å². The van der Waals surface area contributed by atoms with Gasteiger partial charge in [0.05, 0.1) is 4.90 Å². The number of amides is 1. The molecule has 0 fully saturated rings. The number of sulfonamides is 1. The molecular formula is C17H20N2O3S. The first-order valence-corrected chi connectivity index (χ1v) is 8.87. The van der Waals surface area contributed by atoms with Gasteiger partial charge in [0.15, 0.2) is 0 Å². The standard InChI is InChI=1S/C17H20N2O3S/c1-13-5-7-14(8-6-13)3-2-4-17(20)19-15-9-11-16(12-10-15)23(18,21)22/h5-12H,2-4H2,1H3,(H,19,20)(H2,18,21,22). The fourth-order valence-electron chi connectivity index (χ4n) is 2.16. The molecule has 5 nitrogen and oxygen atoms in total. The van der Waals surface area contributed by atoms with E-state index in [1.165, 1.54) is 35.4 Å². The van der Waals surface area contributed by atoms with E-state index in [0.717, 1.165) is 12.8 Å². The van der Waals surface area contributed by atoms with Gasteiger partial charge in [0.2, 0.25) is 15.9 Å². The summed E-state index contributed by atoms with van der Waals surface area (Å²) >= 11 is 0. The lowest BCUT2D eigenvalue weighted by atomic mass is 10.1. The van der Waals surface area contributed by atoms with Gasteiger partial charge < -0.3 is 5.32 Å². The fraction of sp³-hybridized carbons (Fsp3) is 0.235. The first kappa shape index (κ1) is 17.2. The van der Waals surface area contributed by atoms with Crippen molar-refractivity contribution in [3.63, 3.8) is 0 Å². The normalized spacial score (nSPS) is 11.2. The second kappa shape index (κ2) is 7.39. The van der Waals surface area contributed by atoms with Gasteiger partial charge in [-0.3, -0.25) is 4.79 Å². The monoisotopic (exact) mass is 332 g/mol. The summed E-state index contributed by atoms with van der Waals surface area (Å²) in [6, 6.07) is 14.0. The minimum atomic E-state index is -3.71. The van der Waals surface area contributed by atoms with Gasteiger partial charge in [-0.15, -0.1) is 0 Å². The second-order valence-corrected chi connectivity index (χ2v) is 7.02. The van der Waals surface area contributed by atoms with Crippen LogP contribution in [0.2, 0.25) is 0 Å². The minimum absolute atomic E-state index is 0.0230. The number of benzene rings is 2. The van der Waals surface area contributed by atoms with Crippen molar-refractivity contribution < 1.29 is 13.2 Å². The average molecular weight is 332 g/mol. The Labute approximate surface area is 136 Å². The molecular weight excluding hydrogens is 312 g/mol. The molecule has 3 N–H and O–H groups in total. The summed E-state index contributed by atoms with van der Waals surface area (Å²) in [6.45, 7) is 2.04. The summed E-state index contributed by atoms with van der Waals surface area (Å²) in [5.74, 6) is -0.0968. The molecule has 122 valence electrons. The molecule has 0 aliphatic carbocycles. The van der Waals surface area contributed by atoms with E-state index in [1.807, 2.05) is 6.92 Å². The van der Waals surface area contributed by atoms with E-state index in [-0.39, 0.29) is 10.8 Å². The van der Waals surface area contributed by atoms with Crippen LogP contribution in [-0.4, -0.2) is 14.3 Å². The highest BCUT2D eigenvalue weighted by atomic mass is 32.2. The van der Waals surface area contributed by atoms with Crippen LogP contribution < -0.4 is 10.5 Å². The van der Waals surface area contributed by atoms with Crippen molar-refractivity contribution in [2.45, 2.75) is 31.1 Å². The van der Waals surface area contributed by atoms with Gasteiger partial charge in [0.1, 0.15) is 0 Å². The van der Waals surface area contributed by atoms with E-state index in [0.29, 0.717) is 12.1 Å². The molecule has 0 spiro atoms. The maximum atomic E-state index is 11.9. The van der Waals surface area contributed by atoms with Crippen molar-refractivity contribution >= 4 is 21.6 Å². The molecule has 2 aromatic rings. The minimum Gasteiger partial charge on any atom is -0.326 e. The molecule has 0 unspecified atom stereocenters.